The van der Waals surface area contributed by atoms with E-state index in [-0.39, 0.29) is 17.0 Å². The van der Waals surface area contributed by atoms with E-state index in [1.165, 1.54) is 0 Å². The maximum atomic E-state index is 13.3. The van der Waals surface area contributed by atoms with Crippen LogP contribution in [0.1, 0.15) is 32.3 Å². The smallest absolute Gasteiger partial charge is 0.404 e. The number of hydrogen-bond donors (Lipinski definition) is 3. The largest absolute Gasteiger partial charge is 0.465 e. The molecule has 0 aromatic heterocycles. The Morgan fingerprint density at radius 1 is 1.12 bits per heavy atom. The summed E-state index contributed by atoms with van der Waals surface area (Å²) >= 11 is 0. The maximum absolute atomic E-state index is 13.3. The fourth-order valence-corrected chi connectivity index (χ4v) is 4.55. The minimum atomic E-state index is -4.34. The summed E-state index contributed by atoms with van der Waals surface area (Å²) in [5.74, 6) is 0. The lowest BCUT2D eigenvalue weighted by Crippen LogP contribution is -2.50. The number of nitro groups is 1. The molecule has 0 saturated carbocycles. The zero-order chi connectivity index (χ0) is 25.3. The van der Waals surface area contributed by atoms with Crippen molar-refractivity contribution in [3.05, 3.63) is 70.3 Å². The van der Waals surface area contributed by atoms with Gasteiger partial charge in [0.25, 0.3) is 15.7 Å². The molecule has 2 rings (SSSR count). The average molecular weight is 496 g/mol. The summed E-state index contributed by atoms with van der Waals surface area (Å²) in [5.41, 5.74) is 0.464. The van der Waals surface area contributed by atoms with Gasteiger partial charge < -0.3 is 15.5 Å². The number of hydrogen-bond acceptors (Lipinski definition) is 7. The quantitative estimate of drug-likeness (QED) is 0.282. The number of nitro benzene ring substituents is 1. The van der Waals surface area contributed by atoms with Gasteiger partial charge in [-0.3, -0.25) is 15.0 Å². The number of benzene rings is 2. The molecule has 0 aliphatic carbocycles. The number of aliphatic hydroxyl groups is 1. The number of carbonyl (C=O) groups is 1. The van der Waals surface area contributed by atoms with Crippen molar-refractivity contribution in [1.82, 2.24) is 9.79 Å². The lowest BCUT2D eigenvalue weighted by atomic mass is 10.0. The number of nitrogens with one attached hydrogen (secondary N) is 1. The van der Waals surface area contributed by atoms with Gasteiger partial charge in [0, 0.05) is 12.1 Å². The third-order valence-corrected chi connectivity index (χ3v) is 6.84. The lowest BCUT2D eigenvalue weighted by molar-refractivity contribution is -0.384. The van der Waals surface area contributed by atoms with E-state index in [0.717, 1.165) is 29.8 Å². The van der Waals surface area contributed by atoms with Crippen molar-refractivity contribution in [3.8, 4) is 0 Å². The highest BCUT2D eigenvalue weighted by Crippen LogP contribution is 2.23. The lowest BCUT2D eigenvalue weighted by Gasteiger charge is -2.30. The van der Waals surface area contributed by atoms with Crippen molar-refractivity contribution in [2.75, 3.05) is 6.54 Å². The fraction of sp³-hybridized carbons (Fsp3) is 0.409. The predicted molar refractivity (Wildman–Crippen MR) is 124 cm³/mol. The molecule has 0 radical (unpaired) electrons. The minimum absolute atomic E-state index is 0.116. The number of hydroxylamine groups is 1. The molecule has 0 heterocycles. The van der Waals surface area contributed by atoms with Crippen molar-refractivity contribution >= 4 is 21.8 Å². The van der Waals surface area contributed by atoms with Gasteiger partial charge in [0.05, 0.1) is 34.6 Å². The van der Waals surface area contributed by atoms with Gasteiger partial charge in [-0.2, -0.15) is 0 Å². The number of nitrogens with zero attached hydrogens (tertiary/aromatic N) is 2. The van der Waals surface area contributed by atoms with Gasteiger partial charge in [-0.15, -0.1) is 0 Å². The van der Waals surface area contributed by atoms with Crippen LogP contribution in [0.15, 0.2) is 59.5 Å². The van der Waals surface area contributed by atoms with E-state index in [9.17, 15) is 33.5 Å². The Bertz CT molecular complexity index is 1040. The second kappa shape index (κ2) is 12.4. The summed E-state index contributed by atoms with van der Waals surface area (Å²) in [5, 5.41) is 33.3. The van der Waals surface area contributed by atoms with E-state index in [1.807, 2.05) is 13.8 Å². The normalized spacial score (nSPS) is 13.6. The topological polar surface area (TPSA) is 159 Å². The number of non-ortho nitro benzene ring substituents is 1. The van der Waals surface area contributed by atoms with Gasteiger partial charge in [-0.05, 0) is 37.0 Å². The van der Waals surface area contributed by atoms with E-state index in [0.29, 0.717) is 17.3 Å². The Balaban J connectivity index is 2.35. The first-order valence-corrected chi connectivity index (χ1v) is 12.2. The SMILES string of the molecule is CCC(CC)ON(C[C@@H](O)C(Cc1ccccc1)NC(=O)O)S(=O)(=O)c1ccc([N+](=O)[O-])cc1. The average Bonchev–Trinajstić information content (AvgIpc) is 2.81. The molecular formula is C22H29N3O8S. The molecule has 0 fully saturated rings. The van der Waals surface area contributed by atoms with Crippen molar-refractivity contribution in [3.63, 3.8) is 0 Å². The van der Waals surface area contributed by atoms with Crippen LogP contribution in [-0.2, 0) is 21.3 Å². The van der Waals surface area contributed by atoms with E-state index in [2.05, 4.69) is 5.32 Å². The van der Waals surface area contributed by atoms with Crippen molar-refractivity contribution < 1.29 is 33.2 Å². The molecule has 0 aliphatic heterocycles. The molecule has 0 aliphatic rings. The van der Waals surface area contributed by atoms with Gasteiger partial charge in [-0.25, -0.2) is 13.2 Å². The highest BCUT2D eigenvalue weighted by atomic mass is 32.2. The first kappa shape index (κ1) is 27.2. The van der Waals surface area contributed by atoms with Crippen LogP contribution in [0.5, 0.6) is 0 Å². The Hall–Kier alpha value is -3.06. The monoisotopic (exact) mass is 495 g/mol. The van der Waals surface area contributed by atoms with Crippen molar-refractivity contribution in [2.45, 2.75) is 56.3 Å². The maximum Gasteiger partial charge on any atom is 0.404 e. The van der Waals surface area contributed by atoms with E-state index >= 15 is 0 Å². The zero-order valence-electron chi connectivity index (χ0n) is 18.9. The van der Waals surface area contributed by atoms with Crippen LogP contribution < -0.4 is 5.32 Å². The molecular weight excluding hydrogens is 466 g/mol. The third-order valence-electron chi connectivity index (χ3n) is 5.20. The molecule has 3 N–H and O–H groups in total. The summed E-state index contributed by atoms with van der Waals surface area (Å²) in [4.78, 5) is 27.0. The Labute approximate surface area is 198 Å². The second-order valence-electron chi connectivity index (χ2n) is 7.60. The van der Waals surface area contributed by atoms with Crippen LogP contribution in [0.4, 0.5) is 10.5 Å². The van der Waals surface area contributed by atoms with Crippen LogP contribution in [0.25, 0.3) is 0 Å². The number of sulfonamides is 1. The molecule has 2 aromatic rings. The Kier molecular flexibility index (Phi) is 9.93. The number of carboxylic acid groups (broad SMARTS) is 1. The van der Waals surface area contributed by atoms with Gasteiger partial charge in [0.15, 0.2) is 0 Å². The Morgan fingerprint density at radius 2 is 1.71 bits per heavy atom. The summed E-state index contributed by atoms with van der Waals surface area (Å²) in [7, 11) is -4.34. The summed E-state index contributed by atoms with van der Waals surface area (Å²) in [6.07, 6.45) is -2.23. The van der Waals surface area contributed by atoms with Crippen molar-refractivity contribution in [1.29, 1.82) is 0 Å². The zero-order valence-corrected chi connectivity index (χ0v) is 19.7. The summed E-state index contributed by atoms with van der Waals surface area (Å²) in [6, 6.07) is 12.1. The van der Waals surface area contributed by atoms with Gasteiger partial charge in [0.2, 0.25) is 0 Å². The van der Waals surface area contributed by atoms with Crippen molar-refractivity contribution in [2.24, 2.45) is 0 Å². The molecule has 34 heavy (non-hydrogen) atoms. The third kappa shape index (κ3) is 7.48. The molecule has 186 valence electrons. The highest BCUT2D eigenvalue weighted by molar-refractivity contribution is 7.89. The summed E-state index contributed by atoms with van der Waals surface area (Å²) in [6.45, 7) is 3.06. The van der Waals surface area contributed by atoms with Gasteiger partial charge in [-0.1, -0.05) is 48.6 Å². The molecule has 12 heteroatoms. The molecule has 11 nitrogen and oxygen atoms in total. The number of aliphatic hydroxyl groups excluding tert-OH is 1. The predicted octanol–water partition coefficient (Wildman–Crippen LogP) is 2.95. The molecule has 1 amide bonds. The molecule has 2 aromatic carbocycles. The highest BCUT2D eigenvalue weighted by Gasteiger charge is 2.33. The second-order valence-corrected chi connectivity index (χ2v) is 9.43. The molecule has 1 unspecified atom stereocenters. The first-order chi connectivity index (χ1) is 16.1. The van der Waals surface area contributed by atoms with Crippen LogP contribution in [0.2, 0.25) is 0 Å². The van der Waals surface area contributed by atoms with Gasteiger partial charge in [0.1, 0.15) is 0 Å². The summed E-state index contributed by atoms with van der Waals surface area (Å²) < 4.78 is 27.2. The molecule has 2 atom stereocenters. The van der Waals surface area contributed by atoms with Crippen LogP contribution in [-0.4, -0.2) is 58.9 Å². The van der Waals surface area contributed by atoms with Crippen LogP contribution in [0, 0.1) is 10.1 Å². The van der Waals surface area contributed by atoms with E-state index in [1.54, 1.807) is 30.3 Å². The first-order valence-electron chi connectivity index (χ1n) is 10.7. The van der Waals surface area contributed by atoms with E-state index < -0.39 is 45.8 Å². The fourth-order valence-electron chi connectivity index (χ4n) is 3.25. The molecule has 0 spiro atoms. The number of amides is 1. The molecule has 0 bridgehead atoms. The standard InChI is InChI=1S/C22H29N3O8S/c1-3-18(4-2)33-24(34(31,32)19-12-10-17(11-13-19)25(29)30)15-21(26)20(23-22(27)28)14-16-8-6-5-7-9-16/h5-13,18,20-21,23,26H,3-4,14-15H2,1-2H3,(H,27,28)/t20?,21-/m1/s1. The van der Waals surface area contributed by atoms with Gasteiger partial charge >= 0.3 is 6.09 Å². The van der Waals surface area contributed by atoms with Crippen LogP contribution >= 0.6 is 0 Å². The number of rotatable bonds is 13. The Morgan fingerprint density at radius 3 is 2.21 bits per heavy atom. The van der Waals surface area contributed by atoms with E-state index in [4.69, 9.17) is 4.84 Å². The van der Waals surface area contributed by atoms with Crippen LogP contribution in [0.3, 0.4) is 0 Å². The minimum Gasteiger partial charge on any atom is -0.465 e. The molecule has 0 saturated heterocycles.